The Bertz CT molecular complexity index is 374. The Labute approximate surface area is 162 Å². The molecule has 1 aromatic rings. The molecule has 2 nitrogen and oxygen atoms in total. The number of hydrogen-bond acceptors (Lipinski definition) is 2. The van der Waals surface area contributed by atoms with Crippen molar-refractivity contribution in [1.82, 2.24) is 0 Å². The molecule has 20 heavy (non-hydrogen) atoms. The van der Waals surface area contributed by atoms with Crippen molar-refractivity contribution in [2.45, 2.75) is 44.9 Å². The third kappa shape index (κ3) is 7.98. The van der Waals surface area contributed by atoms with Crippen LogP contribution in [0.5, 0.6) is 5.75 Å². The molecular formula is C15H21I3O2. The summed E-state index contributed by atoms with van der Waals surface area (Å²) in [5.74, 6) is 1.04. The van der Waals surface area contributed by atoms with Crippen molar-refractivity contribution in [2.24, 2.45) is 0 Å². The lowest BCUT2D eigenvalue weighted by Gasteiger charge is -2.11. The summed E-state index contributed by atoms with van der Waals surface area (Å²) in [5.41, 5.74) is 0. The Morgan fingerprint density at radius 3 is 1.85 bits per heavy atom. The Morgan fingerprint density at radius 1 is 0.800 bits per heavy atom. The molecule has 0 aliphatic heterocycles. The molecule has 0 aromatic heterocycles. The van der Waals surface area contributed by atoms with Crippen LogP contribution >= 0.6 is 67.8 Å². The van der Waals surface area contributed by atoms with E-state index in [1.807, 2.05) is 0 Å². The summed E-state index contributed by atoms with van der Waals surface area (Å²) < 4.78 is 9.57. The summed E-state index contributed by atoms with van der Waals surface area (Å²) in [6.07, 6.45) is 8.26. The number of aliphatic hydroxyl groups excluding tert-OH is 1. The number of aliphatic hydroxyl groups is 1. The first-order valence-corrected chi connectivity index (χ1v) is 10.3. The fraction of sp³-hybridized carbons (Fsp3) is 0.600. The van der Waals surface area contributed by atoms with Gasteiger partial charge >= 0.3 is 0 Å². The quantitative estimate of drug-likeness (QED) is 0.275. The number of hydrogen-bond donors (Lipinski definition) is 1. The van der Waals surface area contributed by atoms with Crippen molar-refractivity contribution < 1.29 is 9.84 Å². The zero-order chi connectivity index (χ0) is 14.8. The number of unbranched alkanes of at least 4 members (excludes halogenated alkanes) is 6. The van der Waals surface area contributed by atoms with E-state index in [4.69, 9.17) is 9.84 Å². The zero-order valence-corrected chi connectivity index (χ0v) is 18.0. The maximum Gasteiger partial charge on any atom is 0.145 e. The average molecular weight is 614 g/mol. The van der Waals surface area contributed by atoms with Gasteiger partial charge in [-0.15, -0.1) is 0 Å². The van der Waals surface area contributed by atoms with Crippen LogP contribution in [-0.2, 0) is 0 Å². The van der Waals surface area contributed by atoms with Crippen molar-refractivity contribution in [3.8, 4) is 5.75 Å². The van der Waals surface area contributed by atoms with Crippen LogP contribution in [0.3, 0.4) is 0 Å². The minimum absolute atomic E-state index is 0.334. The molecule has 0 fully saturated rings. The van der Waals surface area contributed by atoms with Gasteiger partial charge in [0.2, 0.25) is 0 Å². The first kappa shape index (κ1) is 19.2. The second-order valence-corrected chi connectivity index (χ2v) is 8.32. The van der Waals surface area contributed by atoms with Gasteiger partial charge in [0.1, 0.15) is 5.75 Å². The summed E-state index contributed by atoms with van der Waals surface area (Å²) in [7, 11) is 0. The van der Waals surface area contributed by atoms with Gasteiger partial charge in [0.05, 0.1) is 13.7 Å². The van der Waals surface area contributed by atoms with E-state index >= 15 is 0 Å². The van der Waals surface area contributed by atoms with Gasteiger partial charge in [-0.25, -0.2) is 0 Å². The van der Waals surface area contributed by atoms with Crippen LogP contribution in [-0.4, -0.2) is 18.3 Å². The highest BCUT2D eigenvalue weighted by Gasteiger charge is 2.07. The molecule has 1 N–H and O–H groups in total. The molecule has 5 heteroatoms. The van der Waals surface area contributed by atoms with E-state index < -0.39 is 0 Å². The van der Waals surface area contributed by atoms with Crippen molar-refractivity contribution >= 4 is 67.8 Å². The maximum atomic E-state index is 8.69. The molecule has 0 unspecified atom stereocenters. The van der Waals surface area contributed by atoms with Gasteiger partial charge in [-0.3, -0.25) is 0 Å². The lowest BCUT2D eigenvalue weighted by Crippen LogP contribution is -2.01. The Balaban J connectivity index is 2.13. The molecule has 0 atom stereocenters. The molecule has 0 saturated carbocycles. The van der Waals surface area contributed by atoms with Gasteiger partial charge in [0, 0.05) is 10.2 Å². The molecule has 0 saturated heterocycles. The summed E-state index contributed by atoms with van der Waals surface area (Å²) in [6, 6.07) is 4.31. The average Bonchev–Trinajstić information content (AvgIpc) is 2.39. The van der Waals surface area contributed by atoms with Crippen molar-refractivity contribution in [3.05, 3.63) is 22.8 Å². The highest BCUT2D eigenvalue weighted by molar-refractivity contribution is 14.1. The topological polar surface area (TPSA) is 29.5 Å². The second-order valence-electron chi connectivity index (χ2n) is 4.75. The second kappa shape index (κ2) is 11.7. The van der Waals surface area contributed by atoms with E-state index in [-0.39, 0.29) is 0 Å². The number of benzene rings is 1. The van der Waals surface area contributed by atoms with Gasteiger partial charge in [-0.1, -0.05) is 32.1 Å². The summed E-state index contributed by atoms with van der Waals surface area (Å²) in [4.78, 5) is 0. The third-order valence-corrected chi connectivity index (χ3v) is 5.24. The van der Waals surface area contributed by atoms with Crippen LogP contribution in [0.25, 0.3) is 0 Å². The molecule has 0 aliphatic carbocycles. The fourth-order valence-corrected chi connectivity index (χ4v) is 5.83. The Morgan fingerprint density at radius 2 is 1.30 bits per heavy atom. The zero-order valence-electron chi connectivity index (χ0n) is 11.5. The normalized spacial score (nSPS) is 10.8. The third-order valence-electron chi connectivity index (χ3n) is 3.01. The molecule has 0 amide bonds. The van der Waals surface area contributed by atoms with Gasteiger partial charge < -0.3 is 9.84 Å². The summed E-state index contributed by atoms with van der Waals surface area (Å²) >= 11 is 7.02. The van der Waals surface area contributed by atoms with Gasteiger partial charge in [-0.2, -0.15) is 0 Å². The molecule has 1 aromatic carbocycles. The summed E-state index contributed by atoms with van der Waals surface area (Å²) in [5, 5.41) is 8.69. The molecule has 0 aliphatic rings. The monoisotopic (exact) mass is 614 g/mol. The van der Waals surface area contributed by atoms with E-state index in [0.29, 0.717) is 6.61 Å². The van der Waals surface area contributed by atoms with E-state index in [9.17, 15) is 0 Å². The molecule has 0 heterocycles. The first-order valence-electron chi connectivity index (χ1n) is 7.03. The van der Waals surface area contributed by atoms with Crippen LogP contribution in [0.4, 0.5) is 0 Å². The molecule has 0 spiro atoms. The molecule has 114 valence electrons. The lowest BCUT2D eigenvalue weighted by molar-refractivity contribution is 0.281. The molecule has 0 radical (unpaired) electrons. The number of halogens is 3. The summed E-state index contributed by atoms with van der Waals surface area (Å²) in [6.45, 7) is 1.14. The largest absolute Gasteiger partial charge is 0.491 e. The van der Waals surface area contributed by atoms with Crippen LogP contribution in [0.1, 0.15) is 44.9 Å². The minimum Gasteiger partial charge on any atom is -0.491 e. The fourth-order valence-electron chi connectivity index (χ4n) is 1.94. The van der Waals surface area contributed by atoms with Crippen LogP contribution < -0.4 is 4.74 Å². The maximum absolute atomic E-state index is 8.69. The van der Waals surface area contributed by atoms with Gasteiger partial charge in [0.15, 0.2) is 0 Å². The van der Waals surface area contributed by atoms with E-state index in [0.717, 1.165) is 31.6 Å². The van der Waals surface area contributed by atoms with E-state index in [1.165, 1.54) is 36.4 Å². The smallest absolute Gasteiger partial charge is 0.145 e. The Kier molecular flexibility index (Phi) is 11.2. The van der Waals surface area contributed by atoms with E-state index in [2.05, 4.69) is 79.9 Å². The SMILES string of the molecule is OCCCCCCCCCOc1c(I)cc(I)cc1I. The molecule has 1 rings (SSSR count). The van der Waals surface area contributed by atoms with E-state index in [1.54, 1.807) is 0 Å². The molecule has 0 bridgehead atoms. The lowest BCUT2D eigenvalue weighted by atomic mass is 10.1. The predicted molar refractivity (Wildman–Crippen MR) is 109 cm³/mol. The number of ether oxygens (including phenoxy) is 1. The molecular weight excluding hydrogens is 593 g/mol. The highest BCUT2D eigenvalue weighted by atomic mass is 127. The van der Waals surface area contributed by atoms with Crippen molar-refractivity contribution in [1.29, 1.82) is 0 Å². The highest BCUT2D eigenvalue weighted by Crippen LogP contribution is 2.29. The van der Waals surface area contributed by atoms with Crippen LogP contribution in [0.2, 0.25) is 0 Å². The first-order chi connectivity index (χ1) is 9.65. The van der Waals surface area contributed by atoms with Gasteiger partial charge in [-0.05, 0) is 92.7 Å². The minimum atomic E-state index is 0.334. The van der Waals surface area contributed by atoms with Crippen LogP contribution in [0.15, 0.2) is 12.1 Å². The predicted octanol–water partition coefficient (Wildman–Crippen LogP) is 5.60. The van der Waals surface area contributed by atoms with Gasteiger partial charge in [0.25, 0.3) is 0 Å². The Hall–Kier alpha value is 1.17. The number of rotatable bonds is 10. The van der Waals surface area contributed by atoms with Crippen LogP contribution in [0, 0.1) is 10.7 Å². The standard InChI is InChI=1S/C15H21I3O2/c16-12-10-13(17)15(14(18)11-12)20-9-7-5-3-1-2-4-6-8-19/h10-11,19H,1-9H2. The van der Waals surface area contributed by atoms with Crippen molar-refractivity contribution in [3.63, 3.8) is 0 Å². The van der Waals surface area contributed by atoms with Crippen molar-refractivity contribution in [2.75, 3.05) is 13.2 Å².